The van der Waals surface area contributed by atoms with E-state index in [0.29, 0.717) is 11.3 Å². The SMILES string of the molecule is O=C(O)CNC(=O)Nc1ccc(C=NNC(=O)OCc2ccccc2)cc1. The molecular formula is C18H18N4O5. The lowest BCUT2D eigenvalue weighted by molar-refractivity contribution is -0.135. The Balaban J connectivity index is 1.74. The van der Waals surface area contributed by atoms with E-state index in [1.807, 2.05) is 30.3 Å². The standard InChI is InChI=1S/C18H18N4O5/c23-16(24)11-19-17(25)21-15-8-6-13(7-9-15)10-20-22-18(26)27-12-14-4-2-1-3-5-14/h1-10H,11-12H2,(H,22,26)(H,23,24)(H2,19,21,25). The van der Waals surface area contributed by atoms with Crippen molar-refractivity contribution in [1.29, 1.82) is 0 Å². The lowest BCUT2D eigenvalue weighted by atomic mass is 10.2. The highest BCUT2D eigenvalue weighted by Crippen LogP contribution is 2.08. The monoisotopic (exact) mass is 370 g/mol. The molecule has 0 saturated heterocycles. The third kappa shape index (κ3) is 7.69. The Morgan fingerprint density at radius 3 is 2.41 bits per heavy atom. The van der Waals surface area contributed by atoms with Crippen LogP contribution in [0.25, 0.3) is 0 Å². The maximum Gasteiger partial charge on any atom is 0.428 e. The summed E-state index contributed by atoms with van der Waals surface area (Å²) in [6, 6.07) is 15.2. The van der Waals surface area contributed by atoms with Crippen LogP contribution in [-0.2, 0) is 16.1 Å². The summed E-state index contributed by atoms with van der Waals surface area (Å²) in [7, 11) is 0. The number of anilines is 1. The fourth-order valence-corrected chi connectivity index (χ4v) is 1.90. The molecule has 0 aliphatic carbocycles. The predicted octanol–water partition coefficient (Wildman–Crippen LogP) is 2.15. The van der Waals surface area contributed by atoms with Gasteiger partial charge in [0.25, 0.3) is 0 Å². The van der Waals surface area contributed by atoms with Crippen LogP contribution in [0.3, 0.4) is 0 Å². The second-order valence-electron chi connectivity index (χ2n) is 5.26. The Labute approximate surface area is 155 Å². The zero-order valence-corrected chi connectivity index (χ0v) is 14.2. The third-order valence-electron chi connectivity index (χ3n) is 3.15. The van der Waals surface area contributed by atoms with Crippen LogP contribution in [0.2, 0.25) is 0 Å². The molecule has 9 heteroatoms. The highest BCUT2D eigenvalue weighted by Gasteiger charge is 2.04. The molecule has 0 bridgehead atoms. The number of nitrogens with zero attached hydrogens (tertiary/aromatic N) is 1. The number of benzene rings is 2. The fourth-order valence-electron chi connectivity index (χ4n) is 1.90. The molecule has 0 aliphatic heterocycles. The molecule has 0 unspecified atom stereocenters. The van der Waals surface area contributed by atoms with Gasteiger partial charge in [-0.25, -0.2) is 15.0 Å². The summed E-state index contributed by atoms with van der Waals surface area (Å²) in [5, 5.41) is 16.9. The van der Waals surface area contributed by atoms with E-state index in [0.717, 1.165) is 5.56 Å². The normalized spacial score (nSPS) is 10.2. The van der Waals surface area contributed by atoms with Crippen molar-refractivity contribution in [3.8, 4) is 0 Å². The molecule has 140 valence electrons. The van der Waals surface area contributed by atoms with E-state index in [1.165, 1.54) is 6.21 Å². The Hall–Kier alpha value is -3.88. The van der Waals surface area contributed by atoms with Crippen LogP contribution in [-0.4, -0.2) is 36.0 Å². The van der Waals surface area contributed by atoms with E-state index in [-0.39, 0.29) is 6.61 Å². The van der Waals surface area contributed by atoms with E-state index >= 15 is 0 Å². The van der Waals surface area contributed by atoms with Gasteiger partial charge in [-0.05, 0) is 23.3 Å². The van der Waals surface area contributed by atoms with Crippen LogP contribution in [0.4, 0.5) is 15.3 Å². The first-order valence-electron chi connectivity index (χ1n) is 7.89. The number of carbonyl (C=O) groups is 3. The van der Waals surface area contributed by atoms with Gasteiger partial charge in [0.05, 0.1) is 6.21 Å². The van der Waals surface area contributed by atoms with Gasteiger partial charge in [0, 0.05) is 5.69 Å². The number of carbonyl (C=O) groups excluding carboxylic acids is 2. The third-order valence-corrected chi connectivity index (χ3v) is 3.15. The summed E-state index contributed by atoms with van der Waals surface area (Å²) in [5.74, 6) is -1.13. The maximum absolute atomic E-state index is 11.5. The van der Waals surface area contributed by atoms with Crippen molar-refractivity contribution >= 4 is 30.0 Å². The number of amides is 3. The summed E-state index contributed by atoms with van der Waals surface area (Å²) >= 11 is 0. The molecule has 4 N–H and O–H groups in total. The van der Waals surface area contributed by atoms with Gasteiger partial charge in [-0.2, -0.15) is 5.10 Å². The van der Waals surface area contributed by atoms with Gasteiger partial charge in [-0.15, -0.1) is 0 Å². The highest BCUT2D eigenvalue weighted by atomic mass is 16.6. The van der Waals surface area contributed by atoms with Crippen molar-refractivity contribution < 1.29 is 24.2 Å². The molecule has 3 amide bonds. The Morgan fingerprint density at radius 2 is 1.74 bits per heavy atom. The van der Waals surface area contributed by atoms with E-state index in [4.69, 9.17) is 9.84 Å². The largest absolute Gasteiger partial charge is 0.480 e. The van der Waals surface area contributed by atoms with Crippen molar-refractivity contribution in [2.45, 2.75) is 6.61 Å². The topological polar surface area (TPSA) is 129 Å². The molecule has 0 radical (unpaired) electrons. The summed E-state index contributed by atoms with van der Waals surface area (Å²) in [6.45, 7) is -0.324. The second-order valence-corrected chi connectivity index (χ2v) is 5.26. The average molecular weight is 370 g/mol. The molecular weight excluding hydrogens is 352 g/mol. The number of carboxylic acid groups (broad SMARTS) is 1. The minimum Gasteiger partial charge on any atom is -0.480 e. The number of nitrogens with one attached hydrogen (secondary N) is 3. The molecule has 0 saturated carbocycles. The highest BCUT2D eigenvalue weighted by molar-refractivity contribution is 5.91. The Morgan fingerprint density at radius 1 is 1.04 bits per heavy atom. The molecule has 0 fully saturated rings. The minimum atomic E-state index is -1.13. The summed E-state index contributed by atoms with van der Waals surface area (Å²) in [4.78, 5) is 33.4. The molecule has 0 heterocycles. The zero-order valence-electron chi connectivity index (χ0n) is 14.2. The van der Waals surface area contributed by atoms with Gasteiger partial charge in [-0.3, -0.25) is 4.79 Å². The lowest BCUT2D eigenvalue weighted by Gasteiger charge is -2.06. The van der Waals surface area contributed by atoms with Gasteiger partial charge in [0.15, 0.2) is 0 Å². The smallest absolute Gasteiger partial charge is 0.428 e. The first kappa shape index (κ1) is 19.4. The molecule has 0 atom stereocenters. The number of hydrogen-bond acceptors (Lipinski definition) is 5. The van der Waals surface area contributed by atoms with Crippen molar-refractivity contribution in [3.63, 3.8) is 0 Å². The summed E-state index contributed by atoms with van der Waals surface area (Å²) in [5.41, 5.74) is 4.27. The molecule has 2 aromatic rings. The number of hydrogen-bond donors (Lipinski definition) is 4. The van der Waals surface area contributed by atoms with Crippen LogP contribution in [0.1, 0.15) is 11.1 Å². The van der Waals surface area contributed by atoms with Crippen LogP contribution in [0, 0.1) is 0 Å². The summed E-state index contributed by atoms with van der Waals surface area (Å²) in [6.07, 6.45) is 0.737. The second kappa shape index (κ2) is 10.2. The first-order chi connectivity index (χ1) is 13.0. The van der Waals surface area contributed by atoms with Crippen LogP contribution in [0.5, 0.6) is 0 Å². The van der Waals surface area contributed by atoms with E-state index in [2.05, 4.69) is 21.2 Å². The maximum atomic E-state index is 11.5. The predicted molar refractivity (Wildman–Crippen MR) is 98.5 cm³/mol. The molecule has 0 spiro atoms. The van der Waals surface area contributed by atoms with Gasteiger partial charge >= 0.3 is 18.1 Å². The number of carboxylic acids is 1. The minimum absolute atomic E-state index is 0.145. The zero-order chi connectivity index (χ0) is 19.5. The molecule has 2 aromatic carbocycles. The molecule has 27 heavy (non-hydrogen) atoms. The Kier molecular flexibility index (Phi) is 7.34. The number of rotatable bonds is 7. The molecule has 2 rings (SSSR count). The van der Waals surface area contributed by atoms with E-state index in [9.17, 15) is 14.4 Å². The lowest BCUT2D eigenvalue weighted by Crippen LogP contribution is -2.33. The van der Waals surface area contributed by atoms with Gasteiger partial charge in [-0.1, -0.05) is 42.5 Å². The number of urea groups is 1. The quantitative estimate of drug-likeness (QED) is 0.438. The number of ether oxygens (including phenoxy) is 1. The fraction of sp³-hybridized carbons (Fsp3) is 0.111. The average Bonchev–Trinajstić information content (AvgIpc) is 2.67. The van der Waals surface area contributed by atoms with Crippen LogP contribution in [0.15, 0.2) is 59.7 Å². The molecule has 0 aliphatic rings. The van der Waals surface area contributed by atoms with Gasteiger partial charge in [0.1, 0.15) is 13.2 Å². The van der Waals surface area contributed by atoms with Gasteiger partial charge in [0.2, 0.25) is 0 Å². The number of aliphatic carboxylic acids is 1. The van der Waals surface area contributed by atoms with Crippen LogP contribution >= 0.6 is 0 Å². The van der Waals surface area contributed by atoms with E-state index < -0.39 is 24.6 Å². The van der Waals surface area contributed by atoms with Crippen molar-refractivity contribution in [3.05, 3.63) is 65.7 Å². The summed E-state index contributed by atoms with van der Waals surface area (Å²) < 4.78 is 5.01. The first-order valence-corrected chi connectivity index (χ1v) is 7.89. The van der Waals surface area contributed by atoms with Crippen LogP contribution < -0.4 is 16.1 Å². The van der Waals surface area contributed by atoms with Crippen molar-refractivity contribution in [2.75, 3.05) is 11.9 Å². The Bertz CT molecular complexity index is 806. The van der Waals surface area contributed by atoms with Crippen molar-refractivity contribution in [2.24, 2.45) is 5.10 Å². The molecule has 0 aromatic heterocycles. The van der Waals surface area contributed by atoms with E-state index in [1.54, 1.807) is 24.3 Å². The van der Waals surface area contributed by atoms with Crippen molar-refractivity contribution in [1.82, 2.24) is 10.7 Å². The van der Waals surface area contributed by atoms with Gasteiger partial charge < -0.3 is 20.5 Å². The molecule has 9 nitrogen and oxygen atoms in total. The number of hydrazone groups is 1.